The molecule has 0 radical (unpaired) electrons. The third kappa shape index (κ3) is 3.27. The molecule has 6 nitrogen and oxygen atoms in total. The molecule has 0 aliphatic heterocycles. The van der Waals surface area contributed by atoms with Gasteiger partial charge in [-0.15, -0.1) is 0 Å². The van der Waals surface area contributed by atoms with Crippen LogP contribution in [0.2, 0.25) is 0 Å². The Labute approximate surface area is 148 Å². The third-order valence-corrected chi connectivity index (χ3v) is 4.55. The maximum atomic E-state index is 12.7. The first-order valence-corrected chi connectivity index (χ1v) is 8.53. The van der Waals surface area contributed by atoms with Crippen LogP contribution in [0.25, 0.3) is 21.9 Å². The first-order valence-electron chi connectivity index (χ1n) is 8.53. The summed E-state index contributed by atoms with van der Waals surface area (Å²) in [6, 6.07) is 10.3. The van der Waals surface area contributed by atoms with Crippen molar-refractivity contribution in [3.05, 3.63) is 36.0 Å². The molecule has 0 aliphatic rings. The average Bonchev–Trinajstić information content (AvgIpc) is 3.09. The van der Waals surface area contributed by atoms with E-state index < -0.39 is 0 Å². The van der Waals surface area contributed by atoms with Gasteiger partial charge in [0.25, 0.3) is 5.91 Å². The Balaban J connectivity index is 2.05. The zero-order chi connectivity index (χ0) is 18.0. The second-order valence-electron chi connectivity index (χ2n) is 6.54. The van der Waals surface area contributed by atoms with Crippen molar-refractivity contribution in [1.82, 2.24) is 19.4 Å². The summed E-state index contributed by atoms with van der Waals surface area (Å²) in [5.74, 6) is -0.0433. The predicted molar refractivity (Wildman–Crippen MR) is 101 cm³/mol. The number of nitrogens with zero attached hydrogens (tertiary/aromatic N) is 3. The maximum absolute atomic E-state index is 12.7. The smallest absolute Gasteiger partial charge is 0.268 e. The number of benzene rings is 1. The van der Waals surface area contributed by atoms with Crippen LogP contribution >= 0.6 is 0 Å². The van der Waals surface area contributed by atoms with Crippen LogP contribution in [-0.4, -0.2) is 60.8 Å². The number of nitrogens with one attached hydrogen (secondary N) is 1. The zero-order valence-electron chi connectivity index (χ0n) is 15.4. The summed E-state index contributed by atoms with van der Waals surface area (Å²) in [5, 5.41) is 4.17. The van der Waals surface area contributed by atoms with Gasteiger partial charge in [0, 0.05) is 39.2 Å². The highest BCUT2D eigenvalue weighted by atomic mass is 16.5. The SMILES string of the molecule is COCCn1c(C(=O)NCCN(C)C)cc2c1c1ccccc1n2C. The Morgan fingerprint density at radius 2 is 2.00 bits per heavy atom. The molecular formula is C19H26N4O2. The number of carbonyl (C=O) groups is 1. The average molecular weight is 342 g/mol. The second kappa shape index (κ2) is 7.29. The molecule has 0 bridgehead atoms. The monoisotopic (exact) mass is 342 g/mol. The van der Waals surface area contributed by atoms with Gasteiger partial charge < -0.3 is 24.1 Å². The Morgan fingerprint density at radius 1 is 1.24 bits per heavy atom. The molecule has 0 saturated heterocycles. The standard InChI is InChI=1S/C19H26N4O2/c1-21(2)10-9-20-19(24)17-13-16-18(23(17)11-12-25-4)14-7-5-6-8-15(14)22(16)3/h5-8,13H,9-12H2,1-4H3,(H,20,24). The van der Waals surface area contributed by atoms with Crippen molar-refractivity contribution in [2.24, 2.45) is 7.05 Å². The van der Waals surface area contributed by atoms with E-state index >= 15 is 0 Å². The van der Waals surface area contributed by atoms with Crippen molar-refractivity contribution < 1.29 is 9.53 Å². The molecule has 1 amide bonds. The molecular weight excluding hydrogens is 316 g/mol. The van der Waals surface area contributed by atoms with Crippen LogP contribution in [0, 0.1) is 0 Å². The molecule has 0 saturated carbocycles. The fourth-order valence-corrected chi connectivity index (χ4v) is 3.26. The van der Waals surface area contributed by atoms with Crippen LogP contribution in [0.3, 0.4) is 0 Å². The lowest BCUT2D eigenvalue weighted by molar-refractivity contribution is 0.0939. The minimum atomic E-state index is -0.0433. The van der Waals surface area contributed by atoms with Gasteiger partial charge in [0.2, 0.25) is 0 Å². The van der Waals surface area contributed by atoms with Crippen molar-refractivity contribution in [2.75, 3.05) is 40.9 Å². The second-order valence-corrected chi connectivity index (χ2v) is 6.54. The first kappa shape index (κ1) is 17.5. The van der Waals surface area contributed by atoms with Crippen LogP contribution in [-0.2, 0) is 18.3 Å². The lowest BCUT2D eigenvalue weighted by atomic mass is 10.2. The van der Waals surface area contributed by atoms with Gasteiger partial charge in [-0.25, -0.2) is 0 Å². The third-order valence-electron chi connectivity index (χ3n) is 4.55. The number of carbonyl (C=O) groups excluding carboxylic acids is 1. The van der Waals surface area contributed by atoms with E-state index in [2.05, 4.69) is 26.6 Å². The van der Waals surface area contributed by atoms with E-state index in [1.54, 1.807) is 7.11 Å². The van der Waals surface area contributed by atoms with E-state index in [-0.39, 0.29) is 5.91 Å². The molecule has 0 unspecified atom stereocenters. The predicted octanol–water partition coefficient (Wildman–Crippen LogP) is 2.07. The number of fused-ring (bicyclic) bond motifs is 3. The highest BCUT2D eigenvalue weighted by Crippen LogP contribution is 2.30. The molecule has 25 heavy (non-hydrogen) atoms. The number of hydrogen-bond acceptors (Lipinski definition) is 3. The van der Waals surface area contributed by atoms with Gasteiger partial charge in [-0.3, -0.25) is 4.79 Å². The number of hydrogen-bond donors (Lipinski definition) is 1. The number of likely N-dealkylation sites (N-methyl/N-ethyl adjacent to an activating group) is 1. The summed E-state index contributed by atoms with van der Waals surface area (Å²) >= 11 is 0. The van der Waals surface area contributed by atoms with E-state index in [1.165, 1.54) is 5.52 Å². The molecule has 2 aromatic heterocycles. The van der Waals surface area contributed by atoms with E-state index in [0.717, 1.165) is 23.0 Å². The van der Waals surface area contributed by atoms with Gasteiger partial charge in [-0.1, -0.05) is 18.2 Å². The van der Waals surface area contributed by atoms with Crippen LogP contribution in [0.15, 0.2) is 30.3 Å². The van der Waals surface area contributed by atoms with Gasteiger partial charge in [-0.05, 0) is 26.2 Å². The van der Waals surface area contributed by atoms with Crippen LogP contribution < -0.4 is 5.32 Å². The molecule has 3 aromatic rings. The number of amides is 1. The highest BCUT2D eigenvalue weighted by Gasteiger charge is 2.20. The van der Waals surface area contributed by atoms with Crippen molar-refractivity contribution in [3.8, 4) is 0 Å². The summed E-state index contributed by atoms with van der Waals surface area (Å²) in [4.78, 5) is 14.8. The van der Waals surface area contributed by atoms with Gasteiger partial charge in [0.15, 0.2) is 0 Å². The molecule has 0 fully saturated rings. The largest absolute Gasteiger partial charge is 0.383 e. The summed E-state index contributed by atoms with van der Waals surface area (Å²) in [7, 11) is 7.71. The van der Waals surface area contributed by atoms with Crippen molar-refractivity contribution in [2.45, 2.75) is 6.54 Å². The lowest BCUT2D eigenvalue weighted by Gasteiger charge is -2.13. The molecule has 0 aliphatic carbocycles. The maximum Gasteiger partial charge on any atom is 0.268 e. The fraction of sp³-hybridized carbons (Fsp3) is 0.421. The summed E-state index contributed by atoms with van der Waals surface area (Å²) in [6.07, 6.45) is 0. The van der Waals surface area contributed by atoms with E-state index in [0.29, 0.717) is 25.4 Å². The summed E-state index contributed by atoms with van der Waals surface area (Å²) in [5.41, 5.74) is 4.00. The Bertz CT molecular complexity index is 892. The molecule has 0 spiro atoms. The summed E-state index contributed by atoms with van der Waals surface area (Å²) < 4.78 is 9.48. The molecule has 2 heterocycles. The minimum Gasteiger partial charge on any atom is -0.383 e. The fourth-order valence-electron chi connectivity index (χ4n) is 3.26. The number of rotatable bonds is 7. The minimum absolute atomic E-state index is 0.0433. The molecule has 1 N–H and O–H groups in total. The lowest BCUT2D eigenvalue weighted by Crippen LogP contribution is -2.32. The normalized spacial score (nSPS) is 11.7. The molecule has 1 aromatic carbocycles. The van der Waals surface area contributed by atoms with E-state index in [1.807, 2.05) is 44.2 Å². The topological polar surface area (TPSA) is 51.4 Å². The zero-order valence-corrected chi connectivity index (χ0v) is 15.4. The number of aryl methyl sites for hydroxylation is 1. The Morgan fingerprint density at radius 3 is 2.72 bits per heavy atom. The van der Waals surface area contributed by atoms with Crippen molar-refractivity contribution in [1.29, 1.82) is 0 Å². The van der Waals surface area contributed by atoms with Gasteiger partial charge in [-0.2, -0.15) is 0 Å². The van der Waals surface area contributed by atoms with Gasteiger partial charge >= 0.3 is 0 Å². The quantitative estimate of drug-likeness (QED) is 0.715. The van der Waals surface area contributed by atoms with E-state index in [9.17, 15) is 4.79 Å². The van der Waals surface area contributed by atoms with Crippen molar-refractivity contribution >= 4 is 27.8 Å². The Hall–Kier alpha value is -2.31. The number of methoxy groups -OCH3 is 1. The molecule has 134 valence electrons. The number of ether oxygens (including phenoxy) is 1. The molecule has 6 heteroatoms. The van der Waals surface area contributed by atoms with Gasteiger partial charge in [0.1, 0.15) is 5.69 Å². The highest BCUT2D eigenvalue weighted by molar-refractivity contribution is 6.10. The molecule has 3 rings (SSSR count). The number of para-hydroxylation sites is 1. The van der Waals surface area contributed by atoms with Crippen molar-refractivity contribution in [3.63, 3.8) is 0 Å². The van der Waals surface area contributed by atoms with Gasteiger partial charge in [0.05, 0.1) is 23.2 Å². The number of aromatic nitrogens is 2. The van der Waals surface area contributed by atoms with Crippen LogP contribution in [0.4, 0.5) is 0 Å². The van der Waals surface area contributed by atoms with E-state index in [4.69, 9.17) is 4.74 Å². The first-order chi connectivity index (χ1) is 12.0. The summed E-state index contributed by atoms with van der Waals surface area (Å²) in [6.45, 7) is 2.64. The van der Waals surface area contributed by atoms with Crippen LogP contribution in [0.1, 0.15) is 10.5 Å². The Kier molecular flexibility index (Phi) is 5.11. The molecule has 0 atom stereocenters. The van der Waals surface area contributed by atoms with Crippen LogP contribution in [0.5, 0.6) is 0 Å².